The summed E-state index contributed by atoms with van der Waals surface area (Å²) in [5, 5.41) is 0. The third-order valence-electron chi connectivity index (χ3n) is 2.59. The van der Waals surface area contributed by atoms with Gasteiger partial charge in [0.25, 0.3) is 0 Å². The summed E-state index contributed by atoms with van der Waals surface area (Å²) < 4.78 is 5.92. The largest absolute Gasteiger partial charge is 0.497 e. The van der Waals surface area contributed by atoms with Gasteiger partial charge in [-0.05, 0) is 33.6 Å². The second kappa shape index (κ2) is 5.82. The van der Waals surface area contributed by atoms with Crippen LogP contribution >= 0.6 is 15.9 Å². The van der Waals surface area contributed by atoms with Gasteiger partial charge in [-0.25, -0.2) is 9.97 Å². The third kappa shape index (κ3) is 3.20. The number of nitrogens with zero attached hydrogens (tertiary/aromatic N) is 3. The number of hydrogen-bond donors (Lipinski definition) is 0. The maximum atomic E-state index is 5.13. The Morgan fingerprint density at radius 3 is 2.56 bits per heavy atom. The van der Waals surface area contributed by atoms with Gasteiger partial charge in [0.1, 0.15) is 22.5 Å². The summed E-state index contributed by atoms with van der Waals surface area (Å²) in [5.41, 5.74) is 1.20. The number of rotatable bonds is 4. The number of benzene rings is 1. The van der Waals surface area contributed by atoms with Crippen molar-refractivity contribution < 1.29 is 4.74 Å². The Morgan fingerprint density at radius 1 is 1.22 bits per heavy atom. The Bertz CT molecular complexity index is 516. The van der Waals surface area contributed by atoms with E-state index in [9.17, 15) is 0 Å². The lowest BCUT2D eigenvalue weighted by atomic mass is 10.2. The molecular weight excluding hydrogens is 294 g/mol. The average molecular weight is 308 g/mol. The summed E-state index contributed by atoms with van der Waals surface area (Å²) in [6.07, 6.45) is 1.55. The SMILES string of the molecule is COc1ccc(CN(C)c2cc(Br)ncn2)cc1. The molecule has 0 atom stereocenters. The highest BCUT2D eigenvalue weighted by molar-refractivity contribution is 9.10. The summed E-state index contributed by atoms with van der Waals surface area (Å²) in [5.74, 6) is 1.75. The zero-order valence-electron chi connectivity index (χ0n) is 10.3. The lowest BCUT2D eigenvalue weighted by Gasteiger charge is -2.18. The molecule has 18 heavy (non-hydrogen) atoms. The summed E-state index contributed by atoms with van der Waals surface area (Å²) in [6, 6.07) is 9.90. The first-order valence-electron chi connectivity index (χ1n) is 5.50. The fourth-order valence-electron chi connectivity index (χ4n) is 1.62. The number of anilines is 1. The van der Waals surface area contributed by atoms with Gasteiger partial charge in [0.05, 0.1) is 7.11 Å². The summed E-state index contributed by atoms with van der Waals surface area (Å²) in [7, 11) is 3.67. The van der Waals surface area contributed by atoms with Gasteiger partial charge in [0.15, 0.2) is 0 Å². The van der Waals surface area contributed by atoms with Crippen LogP contribution in [0.1, 0.15) is 5.56 Å². The number of aromatic nitrogens is 2. The first-order chi connectivity index (χ1) is 8.69. The number of ether oxygens (including phenoxy) is 1. The molecule has 0 spiro atoms. The monoisotopic (exact) mass is 307 g/mol. The first kappa shape index (κ1) is 12.8. The predicted molar refractivity (Wildman–Crippen MR) is 74.8 cm³/mol. The Balaban J connectivity index is 2.08. The van der Waals surface area contributed by atoms with Crippen molar-refractivity contribution in [2.75, 3.05) is 19.1 Å². The molecule has 0 radical (unpaired) electrons. The molecule has 0 saturated carbocycles. The van der Waals surface area contributed by atoms with E-state index in [1.54, 1.807) is 13.4 Å². The quantitative estimate of drug-likeness (QED) is 0.814. The first-order valence-corrected chi connectivity index (χ1v) is 6.30. The summed E-state index contributed by atoms with van der Waals surface area (Å²) >= 11 is 3.34. The van der Waals surface area contributed by atoms with Crippen molar-refractivity contribution in [3.8, 4) is 5.75 Å². The standard InChI is InChI=1S/C13H14BrN3O/c1-17(13-7-12(14)15-9-16-13)8-10-3-5-11(18-2)6-4-10/h3-7,9H,8H2,1-2H3. The topological polar surface area (TPSA) is 38.2 Å². The van der Waals surface area contributed by atoms with Gasteiger partial charge in [-0.2, -0.15) is 0 Å². The number of methoxy groups -OCH3 is 1. The predicted octanol–water partition coefficient (Wildman–Crippen LogP) is 2.88. The van der Waals surface area contributed by atoms with Crippen LogP contribution in [0.25, 0.3) is 0 Å². The zero-order chi connectivity index (χ0) is 13.0. The minimum atomic E-state index is 0.785. The second-order valence-corrected chi connectivity index (χ2v) is 4.72. The van der Waals surface area contributed by atoms with Crippen molar-refractivity contribution in [3.63, 3.8) is 0 Å². The molecule has 0 aliphatic rings. The molecule has 0 amide bonds. The van der Waals surface area contributed by atoms with E-state index in [4.69, 9.17) is 4.74 Å². The maximum Gasteiger partial charge on any atom is 0.133 e. The molecule has 0 fully saturated rings. The molecule has 1 heterocycles. The molecule has 0 aliphatic heterocycles. The Labute approximate surface area is 115 Å². The van der Waals surface area contributed by atoms with Gasteiger partial charge < -0.3 is 9.64 Å². The second-order valence-electron chi connectivity index (χ2n) is 3.90. The van der Waals surface area contributed by atoms with Crippen LogP contribution < -0.4 is 9.64 Å². The normalized spacial score (nSPS) is 10.2. The van der Waals surface area contributed by atoms with Gasteiger partial charge in [-0.1, -0.05) is 12.1 Å². The van der Waals surface area contributed by atoms with Crippen molar-refractivity contribution in [2.24, 2.45) is 0 Å². The lowest BCUT2D eigenvalue weighted by Crippen LogP contribution is -2.17. The van der Waals surface area contributed by atoms with Crippen molar-refractivity contribution >= 4 is 21.7 Å². The van der Waals surface area contributed by atoms with Crippen LogP contribution in [0.2, 0.25) is 0 Å². The molecule has 0 unspecified atom stereocenters. The van der Waals surface area contributed by atoms with Gasteiger partial charge in [0.2, 0.25) is 0 Å². The van der Waals surface area contributed by atoms with Crippen LogP contribution in [-0.4, -0.2) is 24.1 Å². The molecule has 2 aromatic rings. The third-order valence-corrected chi connectivity index (χ3v) is 3.02. The van der Waals surface area contributed by atoms with E-state index in [1.165, 1.54) is 5.56 Å². The lowest BCUT2D eigenvalue weighted by molar-refractivity contribution is 0.414. The van der Waals surface area contributed by atoms with Gasteiger partial charge in [-0.3, -0.25) is 0 Å². The van der Waals surface area contributed by atoms with E-state index in [0.717, 1.165) is 22.7 Å². The molecule has 0 N–H and O–H groups in total. The molecule has 0 bridgehead atoms. The Kier molecular flexibility index (Phi) is 4.15. The molecule has 0 aliphatic carbocycles. The van der Waals surface area contributed by atoms with Crippen LogP contribution in [0, 0.1) is 0 Å². The maximum absolute atomic E-state index is 5.13. The molecule has 1 aromatic carbocycles. The smallest absolute Gasteiger partial charge is 0.133 e. The van der Waals surface area contributed by atoms with Gasteiger partial charge in [-0.15, -0.1) is 0 Å². The van der Waals surface area contributed by atoms with Gasteiger partial charge in [0, 0.05) is 19.7 Å². The van der Waals surface area contributed by atoms with E-state index in [0.29, 0.717) is 0 Å². The van der Waals surface area contributed by atoms with Gasteiger partial charge >= 0.3 is 0 Å². The number of hydrogen-bond acceptors (Lipinski definition) is 4. The van der Waals surface area contributed by atoms with Crippen LogP contribution in [0.4, 0.5) is 5.82 Å². The summed E-state index contributed by atoms with van der Waals surface area (Å²) in [4.78, 5) is 10.3. The average Bonchev–Trinajstić information content (AvgIpc) is 2.39. The van der Waals surface area contributed by atoms with Crippen molar-refractivity contribution in [1.29, 1.82) is 0 Å². The van der Waals surface area contributed by atoms with E-state index < -0.39 is 0 Å². The highest BCUT2D eigenvalue weighted by atomic mass is 79.9. The minimum Gasteiger partial charge on any atom is -0.497 e. The molecule has 0 saturated heterocycles. The van der Waals surface area contributed by atoms with Crippen LogP contribution in [0.5, 0.6) is 5.75 Å². The summed E-state index contributed by atoms with van der Waals surface area (Å²) in [6.45, 7) is 0.785. The van der Waals surface area contributed by atoms with E-state index >= 15 is 0 Å². The molecule has 1 aromatic heterocycles. The number of halogens is 1. The minimum absolute atomic E-state index is 0.785. The fourth-order valence-corrected chi connectivity index (χ4v) is 1.92. The molecular formula is C13H14BrN3O. The van der Waals surface area contributed by atoms with Crippen LogP contribution in [0.15, 0.2) is 41.3 Å². The molecule has 5 heteroatoms. The Hall–Kier alpha value is -1.62. The molecule has 4 nitrogen and oxygen atoms in total. The highest BCUT2D eigenvalue weighted by Gasteiger charge is 2.04. The molecule has 94 valence electrons. The van der Waals surface area contributed by atoms with E-state index in [-0.39, 0.29) is 0 Å². The van der Waals surface area contributed by atoms with Crippen LogP contribution in [-0.2, 0) is 6.54 Å². The van der Waals surface area contributed by atoms with Crippen molar-refractivity contribution in [3.05, 3.63) is 46.8 Å². The van der Waals surface area contributed by atoms with E-state index in [2.05, 4.69) is 30.8 Å². The van der Waals surface area contributed by atoms with Crippen molar-refractivity contribution in [1.82, 2.24) is 9.97 Å². The van der Waals surface area contributed by atoms with Crippen molar-refractivity contribution in [2.45, 2.75) is 6.54 Å². The van der Waals surface area contributed by atoms with Crippen LogP contribution in [0.3, 0.4) is 0 Å². The highest BCUT2D eigenvalue weighted by Crippen LogP contribution is 2.17. The Morgan fingerprint density at radius 2 is 1.94 bits per heavy atom. The van der Waals surface area contributed by atoms with E-state index in [1.807, 2.05) is 37.4 Å². The fraction of sp³-hybridized carbons (Fsp3) is 0.231. The molecule has 2 rings (SSSR count). The zero-order valence-corrected chi connectivity index (χ0v) is 11.9.